The number of amides is 1. The molecule has 27 heavy (non-hydrogen) atoms. The van der Waals surface area contributed by atoms with Crippen molar-refractivity contribution >= 4 is 39.9 Å². The minimum Gasteiger partial charge on any atom is -0.351 e. The van der Waals surface area contributed by atoms with Gasteiger partial charge in [-0.25, -0.2) is 4.98 Å². The largest absolute Gasteiger partial charge is 0.351 e. The van der Waals surface area contributed by atoms with E-state index in [1.165, 1.54) is 11.3 Å². The molecular formula is C21H18ClN3OS. The Labute approximate surface area is 166 Å². The van der Waals surface area contributed by atoms with Crippen molar-refractivity contribution in [2.45, 2.75) is 13.0 Å². The van der Waals surface area contributed by atoms with E-state index in [2.05, 4.69) is 16.0 Å². The summed E-state index contributed by atoms with van der Waals surface area (Å²) in [4.78, 5) is 17.6. The predicted molar refractivity (Wildman–Crippen MR) is 111 cm³/mol. The number of nitrogens with zero attached hydrogens (tertiary/aromatic N) is 2. The van der Waals surface area contributed by atoms with Crippen molar-refractivity contribution in [3.05, 3.63) is 87.3 Å². The fourth-order valence-electron chi connectivity index (χ4n) is 3.07. The van der Waals surface area contributed by atoms with Crippen molar-refractivity contribution < 1.29 is 4.79 Å². The van der Waals surface area contributed by atoms with E-state index in [4.69, 9.17) is 16.6 Å². The summed E-state index contributed by atoms with van der Waals surface area (Å²) in [5.74, 6) is 0.890. The van der Waals surface area contributed by atoms with Gasteiger partial charge in [0.2, 0.25) is 0 Å². The van der Waals surface area contributed by atoms with Crippen LogP contribution in [0.15, 0.2) is 66.0 Å². The minimum absolute atomic E-state index is 0.0428. The molecule has 0 saturated heterocycles. The van der Waals surface area contributed by atoms with E-state index in [9.17, 15) is 4.79 Å². The standard InChI is InChI=1S/C21H18ClN3OS/c22-16-7-2-1-6-15(16)14-25-18-9-4-3-8-17(18)24-20(25)11-12-23-21(26)19-10-5-13-27-19/h1-10,13H,11-12,14H2,(H,23,26). The number of benzene rings is 2. The highest BCUT2D eigenvalue weighted by atomic mass is 35.5. The Bertz CT molecular complexity index is 1070. The molecule has 2 aromatic heterocycles. The molecule has 1 amide bonds. The summed E-state index contributed by atoms with van der Waals surface area (Å²) in [6.45, 7) is 1.18. The molecule has 2 heterocycles. The van der Waals surface area contributed by atoms with Crippen LogP contribution in [0, 0.1) is 0 Å². The Morgan fingerprint density at radius 1 is 1.07 bits per heavy atom. The number of hydrogen-bond acceptors (Lipinski definition) is 3. The molecule has 0 bridgehead atoms. The summed E-state index contributed by atoms with van der Waals surface area (Å²) < 4.78 is 2.17. The van der Waals surface area contributed by atoms with E-state index in [1.807, 2.05) is 60.0 Å². The predicted octanol–water partition coefficient (Wildman–Crippen LogP) is 4.77. The number of nitrogens with one attached hydrogen (secondary N) is 1. The molecule has 136 valence electrons. The number of carbonyl (C=O) groups excluding carboxylic acids is 1. The molecule has 0 saturated carbocycles. The van der Waals surface area contributed by atoms with Gasteiger partial charge in [-0.15, -0.1) is 11.3 Å². The van der Waals surface area contributed by atoms with Crippen LogP contribution in [0.25, 0.3) is 11.0 Å². The third-order valence-corrected chi connectivity index (χ3v) is 5.64. The maximum Gasteiger partial charge on any atom is 0.261 e. The number of para-hydroxylation sites is 2. The number of aromatic nitrogens is 2. The number of hydrogen-bond donors (Lipinski definition) is 1. The molecule has 0 atom stereocenters. The highest BCUT2D eigenvalue weighted by Crippen LogP contribution is 2.22. The van der Waals surface area contributed by atoms with Crippen molar-refractivity contribution in [2.75, 3.05) is 6.54 Å². The Morgan fingerprint density at radius 3 is 2.70 bits per heavy atom. The Morgan fingerprint density at radius 2 is 1.89 bits per heavy atom. The van der Waals surface area contributed by atoms with Gasteiger partial charge >= 0.3 is 0 Å². The lowest BCUT2D eigenvalue weighted by Crippen LogP contribution is -2.25. The van der Waals surface area contributed by atoms with Crippen LogP contribution < -0.4 is 5.32 Å². The van der Waals surface area contributed by atoms with Crippen molar-refractivity contribution in [3.8, 4) is 0 Å². The summed E-state index contributed by atoms with van der Waals surface area (Å²) in [7, 11) is 0. The molecule has 0 aliphatic carbocycles. The lowest BCUT2D eigenvalue weighted by molar-refractivity contribution is 0.0958. The average Bonchev–Trinajstić information content (AvgIpc) is 3.32. The van der Waals surface area contributed by atoms with Gasteiger partial charge in [0.05, 0.1) is 22.5 Å². The third kappa shape index (κ3) is 3.89. The first-order valence-corrected chi connectivity index (χ1v) is 9.97. The van der Waals surface area contributed by atoms with E-state index < -0.39 is 0 Å². The van der Waals surface area contributed by atoms with Gasteiger partial charge in [0.15, 0.2) is 0 Å². The summed E-state index contributed by atoms with van der Waals surface area (Å²) in [5, 5.41) is 5.62. The van der Waals surface area contributed by atoms with E-state index >= 15 is 0 Å². The molecule has 0 fully saturated rings. The van der Waals surface area contributed by atoms with Crippen LogP contribution in [-0.4, -0.2) is 22.0 Å². The number of carbonyl (C=O) groups is 1. The molecule has 0 spiro atoms. The number of halogens is 1. The Kier molecular flexibility index (Phi) is 5.23. The average molecular weight is 396 g/mol. The second kappa shape index (κ2) is 7.94. The van der Waals surface area contributed by atoms with Gasteiger partial charge in [-0.3, -0.25) is 4.79 Å². The zero-order chi connectivity index (χ0) is 18.6. The monoisotopic (exact) mass is 395 g/mol. The smallest absolute Gasteiger partial charge is 0.261 e. The Hall–Kier alpha value is -2.63. The molecule has 2 aromatic carbocycles. The first-order chi connectivity index (χ1) is 13.2. The van der Waals surface area contributed by atoms with Crippen LogP contribution in [0.5, 0.6) is 0 Å². The van der Waals surface area contributed by atoms with Gasteiger partial charge in [0.1, 0.15) is 5.82 Å². The number of rotatable bonds is 6. The summed E-state index contributed by atoms with van der Waals surface area (Å²) >= 11 is 7.80. The normalized spacial score (nSPS) is 11.0. The molecule has 0 radical (unpaired) electrons. The van der Waals surface area contributed by atoms with Crippen LogP contribution in [0.1, 0.15) is 21.1 Å². The first-order valence-electron chi connectivity index (χ1n) is 8.71. The third-order valence-electron chi connectivity index (χ3n) is 4.40. The van der Waals surface area contributed by atoms with Crippen LogP contribution in [-0.2, 0) is 13.0 Å². The fraction of sp³-hybridized carbons (Fsp3) is 0.143. The molecule has 0 aliphatic rings. The minimum atomic E-state index is -0.0428. The van der Waals surface area contributed by atoms with E-state index in [-0.39, 0.29) is 5.91 Å². The highest BCUT2D eigenvalue weighted by molar-refractivity contribution is 7.12. The number of imidazole rings is 1. The van der Waals surface area contributed by atoms with Crippen LogP contribution >= 0.6 is 22.9 Å². The quantitative estimate of drug-likeness (QED) is 0.511. The zero-order valence-electron chi connectivity index (χ0n) is 14.6. The summed E-state index contributed by atoms with van der Waals surface area (Å²) in [6, 6.07) is 19.6. The first kappa shape index (κ1) is 17.8. The molecule has 4 rings (SSSR count). The molecule has 6 heteroatoms. The van der Waals surface area contributed by atoms with Gasteiger partial charge in [0, 0.05) is 18.0 Å². The molecule has 4 aromatic rings. The van der Waals surface area contributed by atoms with E-state index in [0.29, 0.717) is 19.5 Å². The van der Waals surface area contributed by atoms with Gasteiger partial charge in [-0.1, -0.05) is 48.0 Å². The van der Waals surface area contributed by atoms with E-state index in [0.717, 1.165) is 32.3 Å². The van der Waals surface area contributed by atoms with Gasteiger partial charge in [0.25, 0.3) is 5.91 Å². The molecule has 0 unspecified atom stereocenters. The topological polar surface area (TPSA) is 46.9 Å². The second-order valence-corrected chi connectivity index (χ2v) is 7.53. The van der Waals surface area contributed by atoms with Crippen molar-refractivity contribution in [1.29, 1.82) is 0 Å². The van der Waals surface area contributed by atoms with Crippen molar-refractivity contribution in [3.63, 3.8) is 0 Å². The van der Waals surface area contributed by atoms with Gasteiger partial charge in [-0.05, 0) is 35.2 Å². The van der Waals surface area contributed by atoms with Crippen LogP contribution in [0.4, 0.5) is 0 Å². The van der Waals surface area contributed by atoms with Gasteiger partial charge in [-0.2, -0.15) is 0 Å². The molecule has 4 nitrogen and oxygen atoms in total. The fourth-order valence-corrected chi connectivity index (χ4v) is 3.91. The Balaban J connectivity index is 1.56. The van der Waals surface area contributed by atoms with Crippen molar-refractivity contribution in [2.24, 2.45) is 0 Å². The maximum absolute atomic E-state index is 12.1. The lowest BCUT2D eigenvalue weighted by atomic mass is 10.2. The SMILES string of the molecule is O=C(NCCc1nc2ccccc2n1Cc1ccccc1Cl)c1cccs1. The maximum atomic E-state index is 12.1. The van der Waals surface area contributed by atoms with Crippen LogP contribution in [0.3, 0.4) is 0 Å². The van der Waals surface area contributed by atoms with Gasteiger partial charge < -0.3 is 9.88 Å². The summed E-state index contributed by atoms with van der Waals surface area (Å²) in [6.07, 6.45) is 0.649. The second-order valence-electron chi connectivity index (χ2n) is 6.18. The van der Waals surface area contributed by atoms with Crippen LogP contribution in [0.2, 0.25) is 5.02 Å². The molecule has 0 aliphatic heterocycles. The van der Waals surface area contributed by atoms with Crippen molar-refractivity contribution in [1.82, 2.24) is 14.9 Å². The number of thiophene rings is 1. The number of fused-ring (bicyclic) bond motifs is 1. The molecular weight excluding hydrogens is 378 g/mol. The van der Waals surface area contributed by atoms with E-state index in [1.54, 1.807) is 0 Å². The highest BCUT2D eigenvalue weighted by Gasteiger charge is 2.13. The zero-order valence-corrected chi connectivity index (χ0v) is 16.1. The lowest BCUT2D eigenvalue weighted by Gasteiger charge is -2.11. The summed E-state index contributed by atoms with van der Waals surface area (Å²) in [5.41, 5.74) is 3.06. The molecule has 1 N–H and O–H groups in total.